The molecule has 76 valence electrons. The van der Waals surface area contributed by atoms with Crippen molar-refractivity contribution in [2.75, 3.05) is 12.4 Å². The van der Waals surface area contributed by atoms with E-state index in [2.05, 4.69) is 6.58 Å². The number of carbonyl (C=O) groups excluding carboxylic acids is 1. The van der Waals surface area contributed by atoms with Gasteiger partial charge >= 0.3 is 0 Å². The first-order chi connectivity index (χ1) is 6.77. The smallest absolute Gasteiger partial charge is 0.238 e. The average Bonchev–Trinajstić information content (AvgIpc) is 2.68. The molecule has 4 heteroatoms. The van der Waals surface area contributed by atoms with Crippen LogP contribution in [0.3, 0.4) is 0 Å². The third-order valence-electron chi connectivity index (χ3n) is 1.74. The minimum Gasteiger partial charge on any atom is -0.467 e. The van der Waals surface area contributed by atoms with Crippen molar-refractivity contribution in [2.45, 2.75) is 6.54 Å². The number of alkyl halides is 1. The lowest BCUT2D eigenvalue weighted by Gasteiger charge is -2.18. The summed E-state index contributed by atoms with van der Waals surface area (Å²) >= 11 is 5.47. The molecule has 0 spiro atoms. The standard InChI is InChI=1S/C10H12ClNO2/c1-2-5-12(10(13)7-11)8-9-4-3-6-14-9/h2-4,6H,1,5,7-8H2. The van der Waals surface area contributed by atoms with Crippen LogP contribution in [0.2, 0.25) is 0 Å². The number of nitrogens with zero attached hydrogens (tertiary/aromatic N) is 1. The third-order valence-corrected chi connectivity index (χ3v) is 1.97. The normalized spacial score (nSPS) is 9.79. The molecule has 1 rings (SSSR count). The van der Waals surface area contributed by atoms with Crippen molar-refractivity contribution in [3.8, 4) is 0 Å². The summed E-state index contributed by atoms with van der Waals surface area (Å²) < 4.78 is 5.13. The molecule has 0 fully saturated rings. The zero-order valence-corrected chi connectivity index (χ0v) is 8.54. The minimum atomic E-state index is -0.122. The average molecular weight is 214 g/mol. The van der Waals surface area contributed by atoms with E-state index in [-0.39, 0.29) is 11.8 Å². The highest BCUT2D eigenvalue weighted by Crippen LogP contribution is 2.06. The summed E-state index contributed by atoms with van der Waals surface area (Å²) in [5.41, 5.74) is 0. The summed E-state index contributed by atoms with van der Waals surface area (Å²) in [6, 6.07) is 3.60. The Kier molecular flexibility index (Phi) is 4.26. The van der Waals surface area contributed by atoms with Gasteiger partial charge in [-0.05, 0) is 12.1 Å². The third kappa shape index (κ3) is 2.92. The summed E-state index contributed by atoms with van der Waals surface area (Å²) in [5, 5.41) is 0. The van der Waals surface area contributed by atoms with Gasteiger partial charge in [-0.25, -0.2) is 0 Å². The van der Waals surface area contributed by atoms with Crippen molar-refractivity contribution in [2.24, 2.45) is 0 Å². The zero-order chi connectivity index (χ0) is 10.4. The Labute approximate surface area is 88.0 Å². The van der Waals surface area contributed by atoms with E-state index >= 15 is 0 Å². The van der Waals surface area contributed by atoms with Crippen LogP contribution in [0.4, 0.5) is 0 Å². The largest absolute Gasteiger partial charge is 0.467 e. The SMILES string of the molecule is C=CCN(Cc1ccco1)C(=O)CCl. The molecule has 0 aliphatic carbocycles. The molecule has 0 aromatic carbocycles. The Morgan fingerprint density at radius 2 is 2.50 bits per heavy atom. The summed E-state index contributed by atoms with van der Waals surface area (Å²) in [4.78, 5) is 12.9. The molecular weight excluding hydrogens is 202 g/mol. The van der Waals surface area contributed by atoms with Crippen molar-refractivity contribution in [1.29, 1.82) is 0 Å². The monoisotopic (exact) mass is 213 g/mol. The molecular formula is C10H12ClNO2. The molecule has 14 heavy (non-hydrogen) atoms. The van der Waals surface area contributed by atoms with E-state index in [1.54, 1.807) is 23.3 Å². The number of furan rings is 1. The number of amides is 1. The molecule has 1 amide bonds. The van der Waals surface area contributed by atoms with E-state index < -0.39 is 0 Å². The molecule has 1 aromatic heterocycles. The predicted octanol–water partition coefficient (Wildman–Crippen LogP) is 2.03. The fourth-order valence-electron chi connectivity index (χ4n) is 1.09. The van der Waals surface area contributed by atoms with Crippen LogP contribution in [0.15, 0.2) is 35.5 Å². The van der Waals surface area contributed by atoms with Gasteiger partial charge in [0, 0.05) is 6.54 Å². The molecule has 0 unspecified atom stereocenters. The molecule has 0 N–H and O–H groups in total. The molecule has 1 heterocycles. The van der Waals surface area contributed by atoms with Gasteiger partial charge in [0.05, 0.1) is 12.8 Å². The van der Waals surface area contributed by atoms with Crippen LogP contribution in [-0.2, 0) is 11.3 Å². The van der Waals surface area contributed by atoms with Crippen molar-refractivity contribution >= 4 is 17.5 Å². The number of carbonyl (C=O) groups is 1. The van der Waals surface area contributed by atoms with Crippen molar-refractivity contribution < 1.29 is 9.21 Å². The molecule has 3 nitrogen and oxygen atoms in total. The lowest BCUT2D eigenvalue weighted by atomic mass is 10.4. The van der Waals surface area contributed by atoms with Crippen LogP contribution in [0.5, 0.6) is 0 Å². The summed E-state index contributed by atoms with van der Waals surface area (Å²) in [7, 11) is 0. The van der Waals surface area contributed by atoms with E-state index in [1.165, 1.54) is 0 Å². The van der Waals surface area contributed by atoms with Gasteiger partial charge in [-0.1, -0.05) is 6.08 Å². The maximum atomic E-state index is 11.3. The predicted molar refractivity (Wildman–Crippen MR) is 55.0 cm³/mol. The van der Waals surface area contributed by atoms with Gasteiger partial charge in [-0.3, -0.25) is 4.79 Å². The number of halogens is 1. The fourth-order valence-corrected chi connectivity index (χ4v) is 1.25. The van der Waals surface area contributed by atoms with E-state index in [4.69, 9.17) is 16.0 Å². The molecule has 0 aliphatic rings. The van der Waals surface area contributed by atoms with E-state index in [9.17, 15) is 4.79 Å². The lowest BCUT2D eigenvalue weighted by molar-refractivity contribution is -0.128. The molecule has 1 aromatic rings. The quantitative estimate of drug-likeness (QED) is 0.554. The zero-order valence-electron chi connectivity index (χ0n) is 7.78. The van der Waals surface area contributed by atoms with Gasteiger partial charge in [0.1, 0.15) is 11.6 Å². The molecule has 0 saturated carbocycles. The van der Waals surface area contributed by atoms with Gasteiger partial charge in [0.15, 0.2) is 0 Å². The van der Waals surface area contributed by atoms with Crippen molar-refractivity contribution in [3.05, 3.63) is 36.8 Å². The lowest BCUT2D eigenvalue weighted by Crippen LogP contribution is -2.31. The van der Waals surface area contributed by atoms with Crippen LogP contribution < -0.4 is 0 Å². The van der Waals surface area contributed by atoms with Crippen LogP contribution in [0.1, 0.15) is 5.76 Å². The van der Waals surface area contributed by atoms with Crippen LogP contribution >= 0.6 is 11.6 Å². The summed E-state index contributed by atoms with van der Waals surface area (Å²) in [6.45, 7) is 4.49. The second kappa shape index (κ2) is 5.50. The van der Waals surface area contributed by atoms with Gasteiger partial charge < -0.3 is 9.32 Å². The second-order valence-corrected chi connectivity index (χ2v) is 3.04. The van der Waals surface area contributed by atoms with Crippen LogP contribution in [0.25, 0.3) is 0 Å². The molecule has 0 radical (unpaired) electrons. The highest BCUT2D eigenvalue weighted by Gasteiger charge is 2.12. The minimum absolute atomic E-state index is 0.0193. The first-order valence-corrected chi connectivity index (χ1v) is 4.78. The highest BCUT2D eigenvalue weighted by atomic mass is 35.5. The molecule has 0 bridgehead atoms. The summed E-state index contributed by atoms with van der Waals surface area (Å²) in [6.07, 6.45) is 3.24. The van der Waals surface area contributed by atoms with Gasteiger partial charge in [0.2, 0.25) is 5.91 Å². The molecule has 0 saturated heterocycles. The van der Waals surface area contributed by atoms with E-state index in [1.807, 2.05) is 6.07 Å². The Morgan fingerprint density at radius 3 is 3.00 bits per heavy atom. The first-order valence-electron chi connectivity index (χ1n) is 4.25. The molecule has 0 atom stereocenters. The Hall–Kier alpha value is -1.22. The number of rotatable bonds is 5. The van der Waals surface area contributed by atoms with Crippen molar-refractivity contribution in [1.82, 2.24) is 4.90 Å². The highest BCUT2D eigenvalue weighted by molar-refractivity contribution is 6.27. The summed E-state index contributed by atoms with van der Waals surface area (Å²) in [5.74, 6) is 0.599. The first kappa shape index (κ1) is 10.9. The van der Waals surface area contributed by atoms with Crippen LogP contribution in [-0.4, -0.2) is 23.2 Å². The van der Waals surface area contributed by atoms with Gasteiger partial charge in [-0.2, -0.15) is 0 Å². The Bertz CT molecular complexity index is 295. The maximum Gasteiger partial charge on any atom is 0.238 e. The van der Waals surface area contributed by atoms with Gasteiger partial charge in [0.25, 0.3) is 0 Å². The number of hydrogen-bond acceptors (Lipinski definition) is 2. The van der Waals surface area contributed by atoms with Crippen LogP contribution in [0, 0.1) is 0 Å². The topological polar surface area (TPSA) is 33.5 Å². The fraction of sp³-hybridized carbons (Fsp3) is 0.300. The Morgan fingerprint density at radius 1 is 1.71 bits per heavy atom. The van der Waals surface area contributed by atoms with Crippen molar-refractivity contribution in [3.63, 3.8) is 0 Å². The second-order valence-electron chi connectivity index (χ2n) is 2.78. The molecule has 0 aliphatic heterocycles. The van der Waals surface area contributed by atoms with E-state index in [0.29, 0.717) is 13.1 Å². The Balaban J connectivity index is 2.59. The maximum absolute atomic E-state index is 11.3. The van der Waals surface area contributed by atoms with Gasteiger partial charge in [-0.15, -0.1) is 18.2 Å². The number of hydrogen-bond donors (Lipinski definition) is 0. The van der Waals surface area contributed by atoms with E-state index in [0.717, 1.165) is 5.76 Å².